The van der Waals surface area contributed by atoms with Gasteiger partial charge in [-0.1, -0.05) is 20.3 Å². The van der Waals surface area contributed by atoms with E-state index in [2.05, 4.69) is 35.8 Å². The number of rotatable bonds is 5. The number of fused-ring (bicyclic) bond motifs is 1. The molecule has 1 aromatic carbocycles. The number of anilines is 1. The smallest absolute Gasteiger partial charge is 0.121 e. The molecule has 2 aromatic rings. The number of aromatic amines is 1. The van der Waals surface area contributed by atoms with Gasteiger partial charge in [0.15, 0.2) is 0 Å². The van der Waals surface area contributed by atoms with E-state index in [4.69, 9.17) is 5.73 Å². The first-order chi connectivity index (χ1) is 8.58. The Balaban J connectivity index is 2.07. The fourth-order valence-corrected chi connectivity index (χ4v) is 2.14. The number of imidazole rings is 1. The van der Waals surface area contributed by atoms with E-state index in [9.17, 15) is 0 Å². The van der Waals surface area contributed by atoms with Gasteiger partial charge in [0.25, 0.3) is 0 Å². The summed E-state index contributed by atoms with van der Waals surface area (Å²) in [5.74, 6) is 1.72. The van der Waals surface area contributed by atoms with Crippen molar-refractivity contribution in [2.24, 2.45) is 5.92 Å². The van der Waals surface area contributed by atoms with Crippen molar-refractivity contribution in [3.8, 4) is 0 Å². The molecule has 18 heavy (non-hydrogen) atoms. The lowest BCUT2D eigenvalue weighted by atomic mass is 10.1. The van der Waals surface area contributed by atoms with Crippen LogP contribution in [0.3, 0.4) is 0 Å². The minimum Gasteiger partial charge on any atom is -0.399 e. The van der Waals surface area contributed by atoms with Crippen molar-refractivity contribution in [2.75, 3.05) is 19.3 Å². The molecule has 4 nitrogen and oxygen atoms in total. The molecular weight excluding hydrogens is 224 g/mol. The first-order valence-corrected chi connectivity index (χ1v) is 6.51. The third-order valence-electron chi connectivity index (χ3n) is 3.29. The van der Waals surface area contributed by atoms with Crippen molar-refractivity contribution in [2.45, 2.75) is 26.8 Å². The lowest BCUT2D eigenvalue weighted by molar-refractivity contribution is 0.270. The fourth-order valence-electron chi connectivity index (χ4n) is 2.14. The molecule has 0 aliphatic carbocycles. The Labute approximate surface area is 108 Å². The second-order valence-corrected chi connectivity index (χ2v) is 5.17. The van der Waals surface area contributed by atoms with E-state index >= 15 is 0 Å². The molecule has 1 unspecified atom stereocenters. The number of aromatic nitrogens is 2. The Bertz CT molecular complexity index is 517. The highest BCUT2D eigenvalue weighted by atomic mass is 15.1. The van der Waals surface area contributed by atoms with E-state index in [1.165, 1.54) is 6.42 Å². The van der Waals surface area contributed by atoms with Gasteiger partial charge in [0.2, 0.25) is 0 Å². The van der Waals surface area contributed by atoms with Crippen LogP contribution in [0.4, 0.5) is 5.69 Å². The summed E-state index contributed by atoms with van der Waals surface area (Å²) in [6.07, 6.45) is 1.21. The van der Waals surface area contributed by atoms with Gasteiger partial charge in [0.1, 0.15) is 5.82 Å². The maximum Gasteiger partial charge on any atom is 0.121 e. The average molecular weight is 246 g/mol. The van der Waals surface area contributed by atoms with E-state index < -0.39 is 0 Å². The van der Waals surface area contributed by atoms with E-state index in [1.807, 2.05) is 18.2 Å². The fraction of sp³-hybridized carbons (Fsp3) is 0.500. The van der Waals surface area contributed by atoms with E-state index in [1.54, 1.807) is 0 Å². The maximum atomic E-state index is 5.76. The van der Waals surface area contributed by atoms with Crippen LogP contribution in [-0.2, 0) is 6.54 Å². The van der Waals surface area contributed by atoms with Gasteiger partial charge in [-0.3, -0.25) is 4.90 Å². The molecule has 0 aliphatic heterocycles. The third kappa shape index (κ3) is 3.01. The van der Waals surface area contributed by atoms with E-state index in [0.29, 0.717) is 0 Å². The molecule has 0 fully saturated rings. The van der Waals surface area contributed by atoms with Crippen LogP contribution < -0.4 is 5.73 Å². The summed E-state index contributed by atoms with van der Waals surface area (Å²) in [5, 5.41) is 0. The Kier molecular flexibility index (Phi) is 3.87. The predicted octanol–water partition coefficient (Wildman–Crippen LogP) is 2.62. The molecule has 0 saturated heterocycles. The van der Waals surface area contributed by atoms with Crippen molar-refractivity contribution in [3.63, 3.8) is 0 Å². The number of benzene rings is 1. The molecule has 1 atom stereocenters. The molecule has 0 bridgehead atoms. The molecular formula is C14H22N4. The van der Waals surface area contributed by atoms with Gasteiger partial charge in [0, 0.05) is 12.2 Å². The minimum absolute atomic E-state index is 0.718. The van der Waals surface area contributed by atoms with Gasteiger partial charge in [0.05, 0.1) is 17.6 Å². The molecule has 1 aromatic heterocycles. The van der Waals surface area contributed by atoms with Crippen molar-refractivity contribution >= 4 is 16.7 Å². The number of nitrogen functional groups attached to an aromatic ring is 1. The van der Waals surface area contributed by atoms with Crippen molar-refractivity contribution in [1.82, 2.24) is 14.9 Å². The summed E-state index contributed by atoms with van der Waals surface area (Å²) in [5.41, 5.74) is 8.53. The molecule has 0 amide bonds. The number of hydrogen-bond donors (Lipinski definition) is 2. The summed E-state index contributed by atoms with van der Waals surface area (Å²) in [6.45, 7) is 6.44. The van der Waals surface area contributed by atoms with Gasteiger partial charge in [-0.15, -0.1) is 0 Å². The van der Waals surface area contributed by atoms with Crippen molar-refractivity contribution in [1.29, 1.82) is 0 Å². The standard InChI is InChI=1S/C14H22N4/c1-4-10(2)8-18(3)9-14-16-12-6-5-11(15)7-13(12)17-14/h5-7,10H,4,8-9,15H2,1-3H3,(H,16,17). The lowest BCUT2D eigenvalue weighted by Gasteiger charge is -2.18. The van der Waals surface area contributed by atoms with Crippen LogP contribution in [0, 0.1) is 5.92 Å². The number of nitrogens with two attached hydrogens (primary N) is 1. The zero-order valence-electron chi connectivity index (χ0n) is 11.4. The summed E-state index contributed by atoms with van der Waals surface area (Å²) in [6, 6.07) is 5.77. The summed E-state index contributed by atoms with van der Waals surface area (Å²) >= 11 is 0. The lowest BCUT2D eigenvalue weighted by Crippen LogP contribution is -2.24. The first kappa shape index (κ1) is 12.9. The molecule has 2 rings (SSSR count). The minimum atomic E-state index is 0.718. The van der Waals surface area contributed by atoms with Crippen LogP contribution >= 0.6 is 0 Å². The zero-order valence-corrected chi connectivity index (χ0v) is 11.4. The van der Waals surface area contributed by atoms with Gasteiger partial charge in [-0.25, -0.2) is 4.98 Å². The monoisotopic (exact) mass is 246 g/mol. The van der Waals surface area contributed by atoms with E-state index in [0.717, 1.165) is 41.6 Å². The Morgan fingerprint density at radius 1 is 1.44 bits per heavy atom. The summed E-state index contributed by atoms with van der Waals surface area (Å²) in [4.78, 5) is 10.2. The Morgan fingerprint density at radius 3 is 2.94 bits per heavy atom. The summed E-state index contributed by atoms with van der Waals surface area (Å²) < 4.78 is 0. The van der Waals surface area contributed by atoms with Crippen LogP contribution in [0.25, 0.3) is 11.0 Å². The summed E-state index contributed by atoms with van der Waals surface area (Å²) in [7, 11) is 2.13. The van der Waals surface area contributed by atoms with Crippen LogP contribution in [0.1, 0.15) is 26.1 Å². The maximum absolute atomic E-state index is 5.76. The molecule has 1 heterocycles. The SMILES string of the molecule is CCC(C)CN(C)Cc1nc2ccc(N)cc2[nH]1. The Morgan fingerprint density at radius 2 is 2.22 bits per heavy atom. The number of hydrogen-bond acceptors (Lipinski definition) is 3. The Hall–Kier alpha value is -1.55. The third-order valence-corrected chi connectivity index (χ3v) is 3.29. The van der Waals surface area contributed by atoms with Gasteiger partial charge in [-0.05, 0) is 31.2 Å². The van der Waals surface area contributed by atoms with Crippen LogP contribution in [0.2, 0.25) is 0 Å². The van der Waals surface area contributed by atoms with Gasteiger partial charge >= 0.3 is 0 Å². The second kappa shape index (κ2) is 5.40. The number of nitrogens with one attached hydrogen (secondary N) is 1. The molecule has 0 radical (unpaired) electrons. The van der Waals surface area contributed by atoms with Crippen molar-refractivity contribution in [3.05, 3.63) is 24.0 Å². The molecule has 0 saturated carbocycles. The average Bonchev–Trinajstić information content (AvgIpc) is 2.69. The first-order valence-electron chi connectivity index (χ1n) is 6.51. The second-order valence-electron chi connectivity index (χ2n) is 5.17. The molecule has 0 spiro atoms. The predicted molar refractivity (Wildman–Crippen MR) is 76.3 cm³/mol. The van der Waals surface area contributed by atoms with Crippen LogP contribution in [0.15, 0.2) is 18.2 Å². The number of H-pyrrole nitrogens is 1. The highest BCUT2D eigenvalue weighted by Gasteiger charge is 2.08. The largest absolute Gasteiger partial charge is 0.399 e. The quantitative estimate of drug-likeness (QED) is 0.797. The van der Waals surface area contributed by atoms with Gasteiger partial charge in [-0.2, -0.15) is 0 Å². The van der Waals surface area contributed by atoms with Gasteiger partial charge < -0.3 is 10.7 Å². The number of nitrogens with zero attached hydrogens (tertiary/aromatic N) is 2. The zero-order chi connectivity index (χ0) is 13.1. The molecule has 3 N–H and O–H groups in total. The normalized spacial score (nSPS) is 13.3. The highest BCUT2D eigenvalue weighted by molar-refractivity contribution is 5.78. The van der Waals surface area contributed by atoms with Crippen LogP contribution in [-0.4, -0.2) is 28.5 Å². The molecule has 0 aliphatic rings. The topological polar surface area (TPSA) is 57.9 Å². The molecule has 4 heteroatoms. The van der Waals surface area contributed by atoms with Crippen LogP contribution in [0.5, 0.6) is 0 Å². The highest BCUT2D eigenvalue weighted by Crippen LogP contribution is 2.16. The van der Waals surface area contributed by atoms with Crippen molar-refractivity contribution < 1.29 is 0 Å². The molecule has 98 valence electrons. The van der Waals surface area contributed by atoms with E-state index in [-0.39, 0.29) is 0 Å².